The predicted molar refractivity (Wildman–Crippen MR) is 73.7 cm³/mol. The molecule has 1 saturated heterocycles. The molecular formula is C13H23N3S. The van der Waals surface area contributed by atoms with Crippen LogP contribution < -0.4 is 5.32 Å². The van der Waals surface area contributed by atoms with Crippen molar-refractivity contribution >= 4 is 11.3 Å². The molecule has 1 fully saturated rings. The molecule has 1 aliphatic rings. The highest BCUT2D eigenvalue weighted by Crippen LogP contribution is 2.29. The summed E-state index contributed by atoms with van der Waals surface area (Å²) in [6.45, 7) is 14.5. The topological polar surface area (TPSA) is 28.2 Å². The Morgan fingerprint density at radius 1 is 1.29 bits per heavy atom. The number of nitrogens with one attached hydrogen (secondary N) is 1. The Hall–Kier alpha value is -0.450. The second-order valence-corrected chi connectivity index (χ2v) is 6.89. The third-order valence-corrected chi connectivity index (χ3v) is 4.68. The van der Waals surface area contributed by atoms with Crippen LogP contribution in [0.25, 0.3) is 0 Å². The van der Waals surface area contributed by atoms with Gasteiger partial charge in [-0.05, 0) is 6.92 Å². The summed E-state index contributed by atoms with van der Waals surface area (Å²) in [5, 5.41) is 4.65. The van der Waals surface area contributed by atoms with Crippen molar-refractivity contribution in [1.29, 1.82) is 0 Å². The first kappa shape index (κ1) is 13.0. The summed E-state index contributed by atoms with van der Waals surface area (Å²) in [6, 6.07) is 0. The lowest BCUT2D eigenvalue weighted by atomic mass is 9.98. The van der Waals surface area contributed by atoms with Gasteiger partial charge in [0.15, 0.2) is 0 Å². The van der Waals surface area contributed by atoms with E-state index in [1.165, 1.54) is 15.6 Å². The van der Waals surface area contributed by atoms with Crippen molar-refractivity contribution in [3.8, 4) is 0 Å². The number of nitrogens with zero attached hydrogens (tertiary/aromatic N) is 2. The Bertz CT molecular complexity index is 373. The summed E-state index contributed by atoms with van der Waals surface area (Å²) in [4.78, 5) is 8.68. The predicted octanol–water partition coefficient (Wildman–Crippen LogP) is 2.15. The number of thiazole rings is 1. The molecule has 17 heavy (non-hydrogen) atoms. The maximum absolute atomic E-state index is 4.72. The fourth-order valence-electron chi connectivity index (χ4n) is 1.97. The van der Waals surface area contributed by atoms with Crippen LogP contribution in [0.2, 0.25) is 0 Å². The summed E-state index contributed by atoms with van der Waals surface area (Å²) in [5.41, 5.74) is 1.40. The van der Waals surface area contributed by atoms with Crippen LogP contribution >= 0.6 is 11.3 Å². The van der Waals surface area contributed by atoms with Gasteiger partial charge in [-0.1, -0.05) is 20.8 Å². The second-order valence-electron chi connectivity index (χ2n) is 5.80. The van der Waals surface area contributed by atoms with Gasteiger partial charge in [0.25, 0.3) is 0 Å². The smallest absolute Gasteiger partial charge is 0.0984 e. The molecule has 2 heterocycles. The number of hydrogen-bond acceptors (Lipinski definition) is 4. The Balaban J connectivity index is 2.07. The number of piperazine rings is 1. The number of hydrogen-bond donors (Lipinski definition) is 1. The monoisotopic (exact) mass is 253 g/mol. The molecule has 3 nitrogen and oxygen atoms in total. The van der Waals surface area contributed by atoms with Gasteiger partial charge < -0.3 is 5.32 Å². The molecule has 1 N–H and O–H groups in total. The zero-order valence-corrected chi connectivity index (χ0v) is 12.2. The Morgan fingerprint density at radius 3 is 2.47 bits per heavy atom. The molecule has 0 aromatic carbocycles. The maximum atomic E-state index is 4.72. The van der Waals surface area contributed by atoms with Gasteiger partial charge in [-0.15, -0.1) is 11.3 Å². The highest BCUT2D eigenvalue weighted by Gasteiger charge is 2.21. The lowest BCUT2D eigenvalue weighted by Gasteiger charge is -2.26. The van der Waals surface area contributed by atoms with Crippen LogP contribution in [-0.2, 0) is 12.0 Å². The molecule has 0 radical (unpaired) electrons. The van der Waals surface area contributed by atoms with E-state index in [0.29, 0.717) is 0 Å². The van der Waals surface area contributed by atoms with E-state index in [9.17, 15) is 0 Å². The largest absolute Gasteiger partial charge is 0.314 e. The fraction of sp³-hybridized carbons (Fsp3) is 0.769. The van der Waals surface area contributed by atoms with Gasteiger partial charge in [0.1, 0.15) is 0 Å². The minimum atomic E-state index is 0.178. The summed E-state index contributed by atoms with van der Waals surface area (Å²) in [7, 11) is 0. The Labute approximate surface area is 108 Å². The molecule has 4 heteroatoms. The minimum Gasteiger partial charge on any atom is -0.314 e. The van der Waals surface area contributed by atoms with Crippen LogP contribution in [0.15, 0.2) is 0 Å². The summed E-state index contributed by atoms with van der Waals surface area (Å²) in [6.07, 6.45) is 0. The molecule has 1 aliphatic heterocycles. The lowest BCUT2D eigenvalue weighted by molar-refractivity contribution is 0.234. The van der Waals surface area contributed by atoms with Crippen molar-refractivity contribution in [1.82, 2.24) is 15.2 Å². The SMILES string of the molecule is Cc1nc(C(C)(C)C)sc1CN1CCNCC1. The first-order valence-electron chi connectivity index (χ1n) is 6.36. The average molecular weight is 253 g/mol. The molecule has 0 aliphatic carbocycles. The Morgan fingerprint density at radius 2 is 1.94 bits per heavy atom. The minimum absolute atomic E-state index is 0.178. The highest BCUT2D eigenvalue weighted by molar-refractivity contribution is 7.11. The standard InChI is InChI=1S/C13H23N3S/c1-10-11(9-16-7-5-14-6-8-16)17-12(15-10)13(2,3)4/h14H,5-9H2,1-4H3. The van der Waals surface area contributed by atoms with Gasteiger partial charge >= 0.3 is 0 Å². The average Bonchev–Trinajstić information content (AvgIpc) is 2.62. The van der Waals surface area contributed by atoms with Crippen LogP contribution in [0.3, 0.4) is 0 Å². The number of rotatable bonds is 2. The Kier molecular flexibility index (Phi) is 3.85. The first-order valence-corrected chi connectivity index (χ1v) is 7.18. The lowest BCUT2D eigenvalue weighted by Crippen LogP contribution is -2.42. The van der Waals surface area contributed by atoms with Crippen molar-refractivity contribution in [2.75, 3.05) is 26.2 Å². The fourth-order valence-corrected chi connectivity index (χ4v) is 3.13. The van der Waals surface area contributed by atoms with Crippen LogP contribution in [0.5, 0.6) is 0 Å². The van der Waals surface area contributed by atoms with E-state index >= 15 is 0 Å². The molecule has 96 valence electrons. The first-order chi connectivity index (χ1) is 7.97. The summed E-state index contributed by atoms with van der Waals surface area (Å²) in [5.74, 6) is 0. The molecular weight excluding hydrogens is 230 g/mol. The van der Waals surface area contributed by atoms with Gasteiger partial charge in [0.05, 0.1) is 10.7 Å². The van der Waals surface area contributed by atoms with E-state index in [4.69, 9.17) is 4.98 Å². The van der Waals surface area contributed by atoms with Gasteiger partial charge in [0.2, 0.25) is 0 Å². The van der Waals surface area contributed by atoms with Gasteiger partial charge in [0, 0.05) is 43.0 Å². The van der Waals surface area contributed by atoms with E-state index in [1.54, 1.807) is 0 Å². The molecule has 1 aromatic heterocycles. The zero-order valence-electron chi connectivity index (χ0n) is 11.3. The second kappa shape index (κ2) is 5.04. The molecule has 0 saturated carbocycles. The van der Waals surface area contributed by atoms with Crippen LogP contribution in [0, 0.1) is 6.92 Å². The van der Waals surface area contributed by atoms with Gasteiger partial charge in [-0.3, -0.25) is 4.90 Å². The zero-order chi connectivity index (χ0) is 12.5. The third-order valence-electron chi connectivity index (χ3n) is 3.11. The molecule has 0 amide bonds. The molecule has 0 bridgehead atoms. The number of aromatic nitrogens is 1. The highest BCUT2D eigenvalue weighted by atomic mass is 32.1. The molecule has 1 aromatic rings. The third kappa shape index (κ3) is 3.27. The van der Waals surface area contributed by atoms with E-state index in [0.717, 1.165) is 32.7 Å². The van der Waals surface area contributed by atoms with Crippen molar-refractivity contribution in [2.45, 2.75) is 39.7 Å². The maximum Gasteiger partial charge on any atom is 0.0984 e. The van der Waals surface area contributed by atoms with Crippen molar-refractivity contribution < 1.29 is 0 Å². The van der Waals surface area contributed by atoms with Crippen molar-refractivity contribution in [3.63, 3.8) is 0 Å². The van der Waals surface area contributed by atoms with Gasteiger partial charge in [-0.2, -0.15) is 0 Å². The molecule has 0 unspecified atom stereocenters. The number of aryl methyl sites for hydroxylation is 1. The van der Waals surface area contributed by atoms with E-state index in [-0.39, 0.29) is 5.41 Å². The summed E-state index contributed by atoms with van der Waals surface area (Å²) < 4.78 is 0. The van der Waals surface area contributed by atoms with E-state index < -0.39 is 0 Å². The van der Waals surface area contributed by atoms with Crippen LogP contribution in [0.4, 0.5) is 0 Å². The molecule has 0 spiro atoms. The van der Waals surface area contributed by atoms with Crippen LogP contribution in [-0.4, -0.2) is 36.1 Å². The van der Waals surface area contributed by atoms with Gasteiger partial charge in [-0.25, -0.2) is 4.98 Å². The normalized spacial score (nSPS) is 18.6. The molecule has 0 atom stereocenters. The van der Waals surface area contributed by atoms with Crippen LogP contribution in [0.1, 0.15) is 36.3 Å². The van der Waals surface area contributed by atoms with E-state index in [1.807, 2.05) is 11.3 Å². The van der Waals surface area contributed by atoms with Crippen molar-refractivity contribution in [3.05, 3.63) is 15.6 Å². The summed E-state index contributed by atoms with van der Waals surface area (Å²) >= 11 is 1.89. The molecule has 2 rings (SSSR count). The quantitative estimate of drug-likeness (QED) is 0.875. The van der Waals surface area contributed by atoms with E-state index in [2.05, 4.69) is 37.9 Å². The van der Waals surface area contributed by atoms with Crippen molar-refractivity contribution in [2.24, 2.45) is 0 Å².